The molecule has 0 aliphatic rings. The van der Waals surface area contributed by atoms with Crippen LogP contribution in [0, 0.1) is 0 Å². The van der Waals surface area contributed by atoms with Gasteiger partial charge >= 0.3 is 40.0 Å². The normalized spacial score (nSPS) is 10.6. The summed E-state index contributed by atoms with van der Waals surface area (Å²) in [5, 5.41) is 0. The van der Waals surface area contributed by atoms with E-state index in [-0.39, 0.29) is 43.3 Å². The van der Waals surface area contributed by atoms with Crippen molar-refractivity contribution < 1.29 is 57.8 Å². The second-order valence-corrected chi connectivity index (χ2v) is 4.22. The summed E-state index contributed by atoms with van der Waals surface area (Å²) in [5.41, 5.74) is 0.735. The molecule has 0 heterocycles. The van der Waals surface area contributed by atoms with Crippen molar-refractivity contribution in [3.05, 3.63) is 42.5 Å². The molecule has 19 heavy (non-hydrogen) atoms. The van der Waals surface area contributed by atoms with Gasteiger partial charge in [0.2, 0.25) is 0 Å². The Morgan fingerprint density at radius 2 is 2.00 bits per heavy atom. The van der Waals surface area contributed by atoms with Gasteiger partial charge < -0.3 is 6.31 Å². The molecule has 1 aromatic rings. The molecule has 0 amide bonds. The van der Waals surface area contributed by atoms with E-state index in [9.17, 15) is 8.42 Å². The van der Waals surface area contributed by atoms with Gasteiger partial charge in [-0.2, -0.15) is 8.42 Å². The fourth-order valence-electron chi connectivity index (χ4n) is 1.11. The molecule has 0 saturated heterocycles. The summed E-state index contributed by atoms with van der Waals surface area (Å²) in [5.74, 6) is 0.265. The summed E-state index contributed by atoms with van der Waals surface area (Å²) in [7, 11) is -4.34. The molecule has 102 valence electrons. The topological polar surface area (TPSA) is 71.1 Å². The average molecular weight is 298 g/mol. The first-order valence-corrected chi connectivity index (χ1v) is 6.53. The molecular formula is C11H15NaO6S. The van der Waals surface area contributed by atoms with E-state index in [1.54, 1.807) is 37.3 Å². The van der Waals surface area contributed by atoms with Crippen molar-refractivity contribution in [2.75, 3.05) is 6.61 Å². The van der Waals surface area contributed by atoms with Crippen LogP contribution in [0.2, 0.25) is 0 Å². The van der Waals surface area contributed by atoms with Crippen molar-refractivity contribution in [3.8, 4) is 5.75 Å². The van der Waals surface area contributed by atoms with Gasteiger partial charge in [-0.3, -0.25) is 0 Å². The van der Waals surface area contributed by atoms with E-state index in [1.807, 2.05) is 0 Å². The van der Waals surface area contributed by atoms with Crippen LogP contribution < -0.4 is 34.4 Å². The van der Waals surface area contributed by atoms with Crippen molar-refractivity contribution in [2.24, 2.45) is 0 Å². The summed E-state index contributed by atoms with van der Waals surface area (Å²) in [6, 6.07) is 6.80. The summed E-state index contributed by atoms with van der Waals surface area (Å²) in [6.07, 6.45) is 2.18. The minimum Gasteiger partial charge on any atom is -1.00 e. The molecule has 8 heteroatoms. The van der Waals surface area contributed by atoms with E-state index in [1.165, 1.54) is 0 Å². The second kappa shape index (κ2) is 9.49. The zero-order valence-corrected chi connectivity index (χ0v) is 13.7. The summed E-state index contributed by atoms with van der Waals surface area (Å²) in [6.45, 7) is 5.22. The molecule has 0 atom stereocenters. The molecule has 0 saturated carbocycles. The van der Waals surface area contributed by atoms with Crippen molar-refractivity contribution in [3.63, 3.8) is 0 Å². The Morgan fingerprint density at radius 3 is 2.63 bits per heavy atom. The van der Waals surface area contributed by atoms with Crippen molar-refractivity contribution in [1.82, 2.24) is 0 Å². The van der Waals surface area contributed by atoms with E-state index in [4.69, 9.17) is 4.89 Å². The van der Waals surface area contributed by atoms with Crippen LogP contribution in [-0.2, 0) is 30.4 Å². The van der Waals surface area contributed by atoms with Gasteiger partial charge in [0.25, 0.3) is 0 Å². The fraction of sp³-hybridized carbons (Fsp3) is 0.273. The quantitative estimate of drug-likeness (QED) is 0.267. The number of benzene rings is 1. The molecule has 0 radical (unpaired) electrons. The van der Waals surface area contributed by atoms with Crippen LogP contribution in [0.1, 0.15) is 13.9 Å². The Balaban J connectivity index is 0. The van der Waals surface area contributed by atoms with Gasteiger partial charge in [-0.15, -0.1) is 6.58 Å². The van der Waals surface area contributed by atoms with E-state index in [0.717, 1.165) is 5.56 Å². The Bertz CT molecular complexity index is 493. The minimum atomic E-state index is -4.34. The van der Waals surface area contributed by atoms with Gasteiger partial charge in [0.15, 0.2) is 5.75 Å². The number of hydrogen-bond acceptors (Lipinski definition) is 6. The van der Waals surface area contributed by atoms with E-state index < -0.39 is 10.4 Å². The summed E-state index contributed by atoms with van der Waals surface area (Å²) < 4.78 is 30.4. The average Bonchev–Trinajstić information content (AvgIpc) is 2.36. The summed E-state index contributed by atoms with van der Waals surface area (Å²) in [4.78, 5) is 8.97. The Labute approximate surface area is 136 Å². The largest absolute Gasteiger partial charge is 1.00 e. The van der Waals surface area contributed by atoms with Gasteiger partial charge in [-0.25, -0.2) is 4.89 Å². The first-order valence-electron chi connectivity index (χ1n) is 5.20. The third-order valence-electron chi connectivity index (χ3n) is 1.79. The minimum absolute atomic E-state index is 0. The predicted octanol–water partition coefficient (Wildman–Crippen LogP) is -0.945. The van der Waals surface area contributed by atoms with E-state index >= 15 is 0 Å². The molecule has 0 aliphatic carbocycles. The maximum Gasteiger partial charge on any atom is 1.00 e. The Kier molecular flexibility index (Phi) is 9.28. The molecule has 0 aliphatic heterocycles. The zero-order chi connectivity index (χ0) is 13.4. The smallest absolute Gasteiger partial charge is 1.00 e. The van der Waals surface area contributed by atoms with E-state index in [2.05, 4.69) is 20.1 Å². The number of allylic oxidation sites excluding steroid dienone is 1. The standard InChI is InChI=1S/C11H14O6S.Na.H/c1-3-7-10-8-5-6-9-11(10)15-17-18(12,13)16-14-4-2;;/h3,5-6,8-9H,1,4,7H2,2H3;;/q;+1;-1. The Morgan fingerprint density at radius 1 is 1.32 bits per heavy atom. The van der Waals surface area contributed by atoms with Gasteiger partial charge in [-0.05, 0) is 23.7 Å². The molecule has 1 aromatic carbocycles. The summed E-state index contributed by atoms with van der Waals surface area (Å²) >= 11 is 0. The number of hydrogen-bond donors (Lipinski definition) is 0. The fourth-order valence-corrected chi connectivity index (χ4v) is 1.50. The van der Waals surface area contributed by atoms with Crippen molar-refractivity contribution in [2.45, 2.75) is 13.3 Å². The molecule has 0 spiro atoms. The third kappa shape index (κ3) is 7.07. The maximum atomic E-state index is 11.1. The second-order valence-electron chi connectivity index (χ2n) is 3.13. The monoisotopic (exact) mass is 298 g/mol. The van der Waals surface area contributed by atoms with Gasteiger partial charge in [0, 0.05) is 5.56 Å². The van der Waals surface area contributed by atoms with Crippen molar-refractivity contribution in [1.29, 1.82) is 0 Å². The van der Waals surface area contributed by atoms with Crippen LogP contribution >= 0.6 is 0 Å². The van der Waals surface area contributed by atoms with Gasteiger partial charge in [0.1, 0.15) is 0 Å². The molecule has 0 N–H and O–H groups in total. The van der Waals surface area contributed by atoms with Crippen LogP contribution in [0.25, 0.3) is 0 Å². The Hall–Kier alpha value is -0.410. The van der Waals surface area contributed by atoms with Crippen LogP contribution in [0.5, 0.6) is 5.75 Å². The van der Waals surface area contributed by atoms with Crippen molar-refractivity contribution >= 4 is 10.4 Å². The number of para-hydroxylation sites is 1. The van der Waals surface area contributed by atoms with Crippen LogP contribution in [0.4, 0.5) is 0 Å². The zero-order valence-electron chi connectivity index (χ0n) is 11.9. The van der Waals surface area contributed by atoms with Gasteiger partial charge in [0.05, 0.1) is 6.61 Å². The molecule has 0 fully saturated rings. The first kappa shape index (κ1) is 18.6. The van der Waals surface area contributed by atoms with Crippen LogP contribution in [-0.4, -0.2) is 15.0 Å². The SMILES string of the molecule is C=CCc1ccccc1OOS(=O)(=O)OOCC.[H-].[Na+]. The molecule has 6 nitrogen and oxygen atoms in total. The first-order chi connectivity index (χ1) is 8.59. The van der Waals surface area contributed by atoms with Crippen LogP contribution in [0.3, 0.4) is 0 Å². The third-order valence-corrected chi connectivity index (χ3v) is 2.29. The van der Waals surface area contributed by atoms with E-state index in [0.29, 0.717) is 6.42 Å². The molecule has 0 bridgehead atoms. The maximum absolute atomic E-state index is 11.1. The van der Waals surface area contributed by atoms with Crippen LogP contribution in [0.15, 0.2) is 36.9 Å². The molecule has 0 aromatic heterocycles. The number of rotatable bonds is 8. The molecular weight excluding hydrogens is 283 g/mol. The molecule has 0 unspecified atom stereocenters. The predicted molar refractivity (Wildman–Crippen MR) is 64.8 cm³/mol. The molecule has 1 rings (SSSR count). The van der Waals surface area contributed by atoms with Gasteiger partial charge in [-0.1, -0.05) is 28.6 Å².